The Labute approximate surface area is 136 Å². The topological polar surface area (TPSA) is 55.4 Å². The summed E-state index contributed by atoms with van der Waals surface area (Å²) in [4.78, 5) is 0.0994. The molecule has 0 aliphatic carbocycles. The highest BCUT2D eigenvalue weighted by atomic mass is 35.5. The molecule has 22 heavy (non-hydrogen) atoms. The van der Waals surface area contributed by atoms with E-state index in [0.29, 0.717) is 5.75 Å². The minimum Gasteiger partial charge on any atom is -0.495 e. The highest BCUT2D eigenvalue weighted by Gasteiger charge is 2.28. The molecule has 4 nitrogen and oxygen atoms in total. The Morgan fingerprint density at radius 2 is 1.73 bits per heavy atom. The van der Waals surface area contributed by atoms with Crippen molar-refractivity contribution in [3.63, 3.8) is 0 Å². The van der Waals surface area contributed by atoms with Gasteiger partial charge in [0.15, 0.2) is 0 Å². The second-order valence-corrected chi connectivity index (χ2v) is 7.48. The van der Waals surface area contributed by atoms with Crippen molar-refractivity contribution >= 4 is 21.6 Å². The molecule has 0 saturated carbocycles. The van der Waals surface area contributed by atoms with Crippen LogP contribution < -0.4 is 9.46 Å². The summed E-state index contributed by atoms with van der Waals surface area (Å²) in [6.07, 6.45) is 0. The number of methoxy groups -OCH3 is 1. The van der Waals surface area contributed by atoms with Gasteiger partial charge in [-0.1, -0.05) is 41.9 Å². The summed E-state index contributed by atoms with van der Waals surface area (Å²) in [7, 11) is -2.23. The first kappa shape index (κ1) is 16.8. The maximum absolute atomic E-state index is 12.6. The Kier molecular flexibility index (Phi) is 4.80. The van der Waals surface area contributed by atoms with Gasteiger partial charge in [-0.3, -0.25) is 0 Å². The molecular formula is C16H18ClNO3S. The van der Waals surface area contributed by atoms with E-state index >= 15 is 0 Å². The molecule has 0 radical (unpaired) electrons. The Hall–Kier alpha value is -1.56. The zero-order valence-corrected chi connectivity index (χ0v) is 14.2. The van der Waals surface area contributed by atoms with Gasteiger partial charge in [-0.05, 0) is 37.6 Å². The highest BCUT2D eigenvalue weighted by molar-refractivity contribution is 7.89. The largest absolute Gasteiger partial charge is 0.495 e. The lowest BCUT2D eigenvalue weighted by atomic mass is 9.96. The van der Waals surface area contributed by atoms with E-state index in [1.807, 2.05) is 44.2 Å². The van der Waals surface area contributed by atoms with Gasteiger partial charge in [0.05, 0.1) is 22.6 Å². The molecule has 0 aromatic heterocycles. The first-order valence-corrected chi connectivity index (χ1v) is 8.55. The molecule has 2 aromatic carbocycles. The van der Waals surface area contributed by atoms with Gasteiger partial charge in [0.25, 0.3) is 0 Å². The lowest BCUT2D eigenvalue weighted by molar-refractivity contribution is 0.414. The van der Waals surface area contributed by atoms with Gasteiger partial charge in [-0.25, -0.2) is 13.1 Å². The summed E-state index contributed by atoms with van der Waals surface area (Å²) in [5.41, 5.74) is 0.130. The van der Waals surface area contributed by atoms with Crippen molar-refractivity contribution in [1.82, 2.24) is 4.72 Å². The first-order valence-electron chi connectivity index (χ1n) is 6.69. The van der Waals surface area contributed by atoms with E-state index in [2.05, 4.69) is 4.72 Å². The van der Waals surface area contributed by atoms with Gasteiger partial charge in [0, 0.05) is 0 Å². The van der Waals surface area contributed by atoms with Gasteiger partial charge in [-0.15, -0.1) is 0 Å². The summed E-state index contributed by atoms with van der Waals surface area (Å²) < 4.78 is 32.9. The van der Waals surface area contributed by atoms with Crippen LogP contribution in [0.4, 0.5) is 0 Å². The summed E-state index contributed by atoms with van der Waals surface area (Å²) in [6, 6.07) is 13.8. The number of benzene rings is 2. The molecular weight excluding hydrogens is 322 g/mol. The summed E-state index contributed by atoms with van der Waals surface area (Å²) >= 11 is 6.01. The summed E-state index contributed by atoms with van der Waals surface area (Å²) in [6.45, 7) is 3.62. The summed E-state index contributed by atoms with van der Waals surface area (Å²) in [5, 5.41) is 0.253. The molecule has 0 amide bonds. The fourth-order valence-electron chi connectivity index (χ4n) is 2.12. The Morgan fingerprint density at radius 3 is 2.27 bits per heavy atom. The number of hydrogen-bond donors (Lipinski definition) is 1. The number of nitrogens with one attached hydrogen (secondary N) is 1. The fraction of sp³-hybridized carbons (Fsp3) is 0.250. The van der Waals surface area contributed by atoms with Crippen molar-refractivity contribution in [3.05, 3.63) is 59.1 Å². The van der Waals surface area contributed by atoms with Crippen LogP contribution in [0.2, 0.25) is 5.02 Å². The number of hydrogen-bond acceptors (Lipinski definition) is 3. The third-order valence-corrected chi connectivity index (χ3v) is 5.27. The van der Waals surface area contributed by atoms with E-state index in [1.165, 1.54) is 25.3 Å². The Bertz CT molecular complexity index is 758. The van der Waals surface area contributed by atoms with Crippen LogP contribution in [0.5, 0.6) is 5.75 Å². The molecule has 6 heteroatoms. The van der Waals surface area contributed by atoms with Crippen LogP contribution in [0.15, 0.2) is 53.4 Å². The fourth-order valence-corrected chi connectivity index (χ4v) is 3.87. The summed E-state index contributed by atoms with van der Waals surface area (Å²) in [5.74, 6) is 0.433. The number of rotatable bonds is 5. The third-order valence-electron chi connectivity index (χ3n) is 3.32. The molecule has 1 N–H and O–H groups in total. The standard InChI is InChI=1S/C16H18ClNO3S/c1-16(2,12-7-5-4-6-8-12)18-22(19,20)13-9-10-15(21-3)14(17)11-13/h4-11,18H,1-3H3. The smallest absolute Gasteiger partial charge is 0.241 e. The maximum atomic E-state index is 12.6. The van der Waals surface area contributed by atoms with Gasteiger partial charge < -0.3 is 4.74 Å². The van der Waals surface area contributed by atoms with Crippen LogP contribution in [0, 0.1) is 0 Å². The van der Waals surface area contributed by atoms with E-state index in [1.54, 1.807) is 0 Å². The van der Waals surface area contributed by atoms with Crippen molar-refractivity contribution in [2.45, 2.75) is 24.3 Å². The van der Waals surface area contributed by atoms with Gasteiger partial charge >= 0.3 is 0 Å². The molecule has 0 aliphatic heterocycles. The van der Waals surface area contributed by atoms with E-state index in [9.17, 15) is 8.42 Å². The van der Waals surface area contributed by atoms with E-state index < -0.39 is 15.6 Å². The molecule has 0 heterocycles. The molecule has 118 valence electrons. The second-order valence-electron chi connectivity index (χ2n) is 5.39. The average molecular weight is 340 g/mol. The minimum atomic E-state index is -3.70. The van der Waals surface area contributed by atoms with E-state index in [-0.39, 0.29) is 9.92 Å². The molecule has 2 aromatic rings. The van der Waals surface area contributed by atoms with Crippen LogP contribution in [-0.4, -0.2) is 15.5 Å². The molecule has 2 rings (SSSR count). The van der Waals surface area contributed by atoms with E-state index in [4.69, 9.17) is 16.3 Å². The van der Waals surface area contributed by atoms with Crippen molar-refractivity contribution in [2.75, 3.05) is 7.11 Å². The molecule has 0 bridgehead atoms. The normalized spacial score (nSPS) is 12.2. The number of sulfonamides is 1. The molecule has 0 spiro atoms. The van der Waals surface area contributed by atoms with Crippen LogP contribution in [0.25, 0.3) is 0 Å². The zero-order chi connectivity index (χ0) is 16.4. The SMILES string of the molecule is COc1ccc(S(=O)(=O)NC(C)(C)c2ccccc2)cc1Cl. The monoisotopic (exact) mass is 339 g/mol. The molecule has 0 aliphatic rings. The van der Waals surface area contributed by atoms with E-state index in [0.717, 1.165) is 5.56 Å². The third kappa shape index (κ3) is 3.61. The zero-order valence-electron chi connectivity index (χ0n) is 12.6. The Balaban J connectivity index is 2.33. The lowest BCUT2D eigenvalue weighted by Crippen LogP contribution is -2.40. The van der Waals surface area contributed by atoms with Gasteiger partial charge in [-0.2, -0.15) is 0 Å². The van der Waals surface area contributed by atoms with Gasteiger partial charge in [0.2, 0.25) is 10.0 Å². The van der Waals surface area contributed by atoms with Gasteiger partial charge in [0.1, 0.15) is 5.75 Å². The van der Waals surface area contributed by atoms with Crippen LogP contribution in [-0.2, 0) is 15.6 Å². The van der Waals surface area contributed by atoms with Crippen molar-refractivity contribution in [2.24, 2.45) is 0 Å². The molecule has 0 atom stereocenters. The quantitative estimate of drug-likeness (QED) is 0.906. The maximum Gasteiger partial charge on any atom is 0.241 e. The lowest BCUT2D eigenvalue weighted by Gasteiger charge is -2.26. The Morgan fingerprint density at radius 1 is 1.09 bits per heavy atom. The number of halogens is 1. The predicted molar refractivity (Wildman–Crippen MR) is 87.8 cm³/mol. The molecule has 0 unspecified atom stereocenters. The first-order chi connectivity index (χ1) is 10.3. The average Bonchev–Trinajstić information content (AvgIpc) is 2.47. The predicted octanol–water partition coefficient (Wildman–Crippen LogP) is 3.56. The van der Waals surface area contributed by atoms with Crippen LogP contribution in [0.1, 0.15) is 19.4 Å². The van der Waals surface area contributed by atoms with Crippen molar-refractivity contribution < 1.29 is 13.2 Å². The van der Waals surface area contributed by atoms with Crippen LogP contribution >= 0.6 is 11.6 Å². The van der Waals surface area contributed by atoms with Crippen LogP contribution in [0.3, 0.4) is 0 Å². The molecule has 0 fully saturated rings. The van der Waals surface area contributed by atoms with Crippen molar-refractivity contribution in [1.29, 1.82) is 0 Å². The number of ether oxygens (including phenoxy) is 1. The molecule has 0 saturated heterocycles. The van der Waals surface area contributed by atoms with Crippen molar-refractivity contribution in [3.8, 4) is 5.75 Å². The minimum absolute atomic E-state index is 0.0994. The highest BCUT2D eigenvalue weighted by Crippen LogP contribution is 2.28. The second kappa shape index (κ2) is 6.28.